The van der Waals surface area contributed by atoms with Crippen LogP contribution in [0, 0.1) is 0 Å². The van der Waals surface area contributed by atoms with Crippen molar-refractivity contribution in [3.8, 4) is 22.5 Å². The van der Waals surface area contributed by atoms with Crippen LogP contribution in [0.3, 0.4) is 0 Å². The van der Waals surface area contributed by atoms with Crippen molar-refractivity contribution in [2.75, 3.05) is 4.90 Å². The van der Waals surface area contributed by atoms with E-state index < -0.39 is 0 Å². The van der Waals surface area contributed by atoms with Crippen LogP contribution in [0.25, 0.3) is 44.2 Å². The summed E-state index contributed by atoms with van der Waals surface area (Å²) in [6.45, 7) is 0. The summed E-state index contributed by atoms with van der Waals surface area (Å²) in [6, 6.07) is 53.2. The second-order valence-electron chi connectivity index (χ2n) is 9.45. The van der Waals surface area contributed by atoms with E-state index in [0.29, 0.717) is 0 Å². The molecule has 0 N–H and O–H groups in total. The van der Waals surface area contributed by atoms with Crippen molar-refractivity contribution in [2.45, 2.75) is 0 Å². The highest BCUT2D eigenvalue weighted by atomic mass is 16.3. The summed E-state index contributed by atoms with van der Waals surface area (Å²) in [5.74, 6) is 0.866. The van der Waals surface area contributed by atoms with Crippen molar-refractivity contribution in [1.29, 1.82) is 0 Å². The molecule has 0 atom stereocenters. The van der Waals surface area contributed by atoms with Gasteiger partial charge in [0.2, 0.25) is 0 Å². The highest BCUT2D eigenvalue weighted by Crippen LogP contribution is 2.41. The van der Waals surface area contributed by atoms with E-state index in [1.807, 2.05) is 18.2 Å². The van der Waals surface area contributed by atoms with Crippen LogP contribution in [0.5, 0.6) is 0 Å². The van der Waals surface area contributed by atoms with Crippen molar-refractivity contribution < 1.29 is 4.42 Å². The number of hydrogen-bond acceptors (Lipinski definition) is 2. The third kappa shape index (κ3) is 4.03. The van der Waals surface area contributed by atoms with Gasteiger partial charge in [0.1, 0.15) is 11.3 Å². The number of rotatable bonds is 5. The fourth-order valence-electron chi connectivity index (χ4n) is 5.19. The summed E-state index contributed by atoms with van der Waals surface area (Å²) in [5, 5.41) is 3.52. The molecule has 0 fully saturated rings. The zero-order valence-corrected chi connectivity index (χ0v) is 20.8. The van der Waals surface area contributed by atoms with Crippen LogP contribution in [0.15, 0.2) is 156 Å². The zero-order valence-electron chi connectivity index (χ0n) is 20.8. The van der Waals surface area contributed by atoms with E-state index in [-0.39, 0.29) is 0 Å². The fraction of sp³-hybridized carbons (Fsp3) is 0. The second-order valence-corrected chi connectivity index (χ2v) is 9.45. The lowest BCUT2D eigenvalue weighted by molar-refractivity contribution is 0.631. The highest BCUT2D eigenvalue weighted by molar-refractivity contribution is 5.99. The number of fused-ring (bicyclic) bond motifs is 2. The number of hydrogen-bond donors (Lipinski definition) is 0. The Morgan fingerprint density at radius 3 is 1.92 bits per heavy atom. The molecule has 0 saturated heterocycles. The molecular formula is C36H25NO. The molecule has 38 heavy (non-hydrogen) atoms. The first-order valence-corrected chi connectivity index (χ1v) is 12.9. The van der Waals surface area contributed by atoms with E-state index in [1.54, 1.807) is 0 Å². The summed E-state index contributed by atoms with van der Waals surface area (Å²) in [5.41, 5.74) is 7.66. The summed E-state index contributed by atoms with van der Waals surface area (Å²) < 4.78 is 6.22. The molecule has 0 amide bonds. The number of benzene rings is 6. The van der Waals surface area contributed by atoms with Crippen molar-refractivity contribution in [3.63, 3.8) is 0 Å². The minimum absolute atomic E-state index is 0.866. The van der Waals surface area contributed by atoms with E-state index >= 15 is 0 Å². The van der Waals surface area contributed by atoms with Gasteiger partial charge in [-0.2, -0.15) is 0 Å². The van der Waals surface area contributed by atoms with Gasteiger partial charge in [0.05, 0.1) is 5.69 Å². The molecule has 6 aromatic carbocycles. The van der Waals surface area contributed by atoms with Crippen molar-refractivity contribution in [1.82, 2.24) is 0 Å². The van der Waals surface area contributed by atoms with E-state index in [0.717, 1.165) is 39.4 Å². The standard InChI is InChI=1S/C36H25NO/c1-2-10-26(11-3-1)27-20-22-31(23-21-27)37(34-18-9-14-28-12-4-6-17-33(28)34)32-16-8-15-29(24-32)36-25-30-13-5-7-19-35(30)38-36/h1-25H. The van der Waals surface area contributed by atoms with Gasteiger partial charge in [-0.25, -0.2) is 0 Å². The van der Waals surface area contributed by atoms with Gasteiger partial charge >= 0.3 is 0 Å². The van der Waals surface area contributed by atoms with E-state index in [9.17, 15) is 0 Å². The first kappa shape index (κ1) is 22.1. The molecule has 0 bridgehead atoms. The molecule has 0 aliphatic carbocycles. The van der Waals surface area contributed by atoms with Gasteiger partial charge in [-0.05, 0) is 59.0 Å². The quantitative estimate of drug-likeness (QED) is 0.240. The van der Waals surface area contributed by atoms with Crippen LogP contribution >= 0.6 is 0 Å². The van der Waals surface area contributed by atoms with E-state index in [2.05, 4.69) is 138 Å². The Hall–Kier alpha value is -5.08. The van der Waals surface area contributed by atoms with Crippen molar-refractivity contribution in [2.24, 2.45) is 0 Å². The van der Waals surface area contributed by atoms with Gasteiger partial charge in [-0.3, -0.25) is 0 Å². The minimum atomic E-state index is 0.866. The monoisotopic (exact) mass is 487 g/mol. The SMILES string of the molecule is c1ccc(-c2ccc(N(c3cccc(-c4cc5ccccc5o4)c3)c3cccc4ccccc34)cc2)cc1. The number of furan rings is 1. The topological polar surface area (TPSA) is 16.4 Å². The third-order valence-corrected chi connectivity index (χ3v) is 7.05. The van der Waals surface area contributed by atoms with Gasteiger partial charge in [0.15, 0.2) is 0 Å². The Labute approximate surface area is 222 Å². The molecule has 0 saturated carbocycles. The van der Waals surface area contributed by atoms with Gasteiger partial charge in [0, 0.05) is 27.7 Å². The van der Waals surface area contributed by atoms with Crippen molar-refractivity contribution >= 4 is 38.8 Å². The maximum Gasteiger partial charge on any atom is 0.135 e. The van der Waals surface area contributed by atoms with Crippen LogP contribution in [-0.2, 0) is 0 Å². The molecule has 0 aliphatic heterocycles. The predicted molar refractivity (Wildman–Crippen MR) is 159 cm³/mol. The van der Waals surface area contributed by atoms with E-state index in [4.69, 9.17) is 4.42 Å². The molecule has 7 rings (SSSR count). The van der Waals surface area contributed by atoms with Gasteiger partial charge < -0.3 is 9.32 Å². The molecular weight excluding hydrogens is 462 g/mol. The third-order valence-electron chi connectivity index (χ3n) is 7.05. The lowest BCUT2D eigenvalue weighted by Crippen LogP contribution is -2.10. The average Bonchev–Trinajstić information content (AvgIpc) is 3.43. The molecule has 0 unspecified atom stereocenters. The summed E-state index contributed by atoms with van der Waals surface area (Å²) in [4.78, 5) is 2.34. The predicted octanol–water partition coefficient (Wildman–Crippen LogP) is 10.4. The molecule has 0 spiro atoms. The Bertz CT molecular complexity index is 1830. The molecule has 2 nitrogen and oxygen atoms in total. The molecule has 1 heterocycles. The summed E-state index contributed by atoms with van der Waals surface area (Å²) in [7, 11) is 0. The largest absolute Gasteiger partial charge is 0.456 e. The molecule has 1 aromatic heterocycles. The summed E-state index contributed by atoms with van der Waals surface area (Å²) >= 11 is 0. The smallest absolute Gasteiger partial charge is 0.135 e. The molecule has 180 valence electrons. The normalized spacial score (nSPS) is 11.2. The van der Waals surface area contributed by atoms with Crippen LogP contribution in [0.2, 0.25) is 0 Å². The maximum absolute atomic E-state index is 6.22. The number of anilines is 3. The number of para-hydroxylation sites is 1. The Kier molecular flexibility index (Phi) is 5.49. The lowest BCUT2D eigenvalue weighted by atomic mass is 10.0. The van der Waals surface area contributed by atoms with Gasteiger partial charge in [0.25, 0.3) is 0 Å². The minimum Gasteiger partial charge on any atom is -0.456 e. The number of nitrogens with zero attached hydrogens (tertiary/aromatic N) is 1. The molecule has 0 radical (unpaired) electrons. The molecule has 0 aliphatic rings. The first-order valence-electron chi connectivity index (χ1n) is 12.9. The Morgan fingerprint density at radius 1 is 0.421 bits per heavy atom. The van der Waals surface area contributed by atoms with Crippen LogP contribution < -0.4 is 4.90 Å². The fourth-order valence-corrected chi connectivity index (χ4v) is 5.19. The van der Waals surface area contributed by atoms with E-state index in [1.165, 1.54) is 21.9 Å². The average molecular weight is 488 g/mol. The highest BCUT2D eigenvalue weighted by Gasteiger charge is 2.17. The van der Waals surface area contributed by atoms with Gasteiger partial charge in [-0.1, -0.05) is 109 Å². The Balaban J connectivity index is 1.38. The zero-order chi connectivity index (χ0) is 25.3. The van der Waals surface area contributed by atoms with Gasteiger partial charge in [-0.15, -0.1) is 0 Å². The summed E-state index contributed by atoms with van der Waals surface area (Å²) in [6.07, 6.45) is 0. The lowest BCUT2D eigenvalue weighted by Gasteiger charge is -2.27. The molecule has 7 aromatic rings. The second kappa shape index (κ2) is 9.42. The van der Waals surface area contributed by atoms with Crippen LogP contribution in [-0.4, -0.2) is 0 Å². The van der Waals surface area contributed by atoms with Crippen LogP contribution in [0.1, 0.15) is 0 Å². The Morgan fingerprint density at radius 2 is 1.08 bits per heavy atom. The molecule has 2 heteroatoms. The maximum atomic E-state index is 6.22. The van der Waals surface area contributed by atoms with Crippen LogP contribution in [0.4, 0.5) is 17.1 Å². The first-order chi connectivity index (χ1) is 18.8. The van der Waals surface area contributed by atoms with Crippen molar-refractivity contribution in [3.05, 3.63) is 152 Å².